The van der Waals surface area contributed by atoms with Crippen molar-refractivity contribution in [1.82, 2.24) is 5.32 Å². The molecule has 0 aromatic heterocycles. The average molecular weight is 501 g/mol. The molecule has 0 spiro atoms. The van der Waals surface area contributed by atoms with E-state index >= 15 is 0 Å². The molecular formula is C22H17ClF4N2O3S. The highest BCUT2D eigenvalue weighted by Gasteiger charge is 2.34. The first-order valence-corrected chi connectivity index (χ1v) is 11.3. The fraction of sp³-hybridized carbons (Fsp3) is 0.136. The number of carbonyl (C=O) groups is 1. The van der Waals surface area contributed by atoms with Crippen molar-refractivity contribution in [2.75, 3.05) is 10.8 Å². The molecule has 0 heterocycles. The van der Waals surface area contributed by atoms with Crippen LogP contribution < -0.4 is 9.62 Å². The summed E-state index contributed by atoms with van der Waals surface area (Å²) in [6.07, 6.45) is -4.76. The Hall–Kier alpha value is -3.11. The van der Waals surface area contributed by atoms with Gasteiger partial charge in [-0.3, -0.25) is 9.10 Å². The predicted octanol–water partition coefficient (Wildman–Crippen LogP) is 5.01. The Kier molecular flexibility index (Phi) is 7.28. The first kappa shape index (κ1) is 24.5. The molecular weight excluding hydrogens is 484 g/mol. The normalized spacial score (nSPS) is 11.8. The van der Waals surface area contributed by atoms with Crippen molar-refractivity contribution < 1.29 is 30.8 Å². The average Bonchev–Trinajstić information content (AvgIpc) is 2.77. The topological polar surface area (TPSA) is 66.5 Å². The Morgan fingerprint density at radius 1 is 0.970 bits per heavy atom. The second-order valence-corrected chi connectivity index (χ2v) is 9.16. The maximum atomic E-state index is 13.3. The van der Waals surface area contributed by atoms with Crippen LogP contribution in [0, 0.1) is 5.82 Å². The van der Waals surface area contributed by atoms with E-state index in [1.807, 2.05) is 0 Å². The summed E-state index contributed by atoms with van der Waals surface area (Å²) in [7, 11) is -4.45. The molecule has 3 aromatic rings. The molecule has 0 fully saturated rings. The highest BCUT2D eigenvalue weighted by atomic mass is 35.5. The third-order valence-electron chi connectivity index (χ3n) is 4.56. The Bertz CT molecular complexity index is 1230. The number of halogens is 5. The maximum Gasteiger partial charge on any atom is 0.416 e. The molecule has 0 aliphatic heterocycles. The fourth-order valence-corrected chi connectivity index (χ4v) is 4.61. The molecule has 0 aliphatic rings. The quantitative estimate of drug-likeness (QED) is 0.464. The number of anilines is 1. The van der Waals surface area contributed by atoms with Gasteiger partial charge in [0.15, 0.2) is 0 Å². The van der Waals surface area contributed by atoms with Crippen molar-refractivity contribution >= 4 is 33.2 Å². The van der Waals surface area contributed by atoms with E-state index in [9.17, 15) is 30.8 Å². The number of hydrogen-bond donors (Lipinski definition) is 1. The Morgan fingerprint density at radius 2 is 1.61 bits per heavy atom. The van der Waals surface area contributed by atoms with Gasteiger partial charge in [0.2, 0.25) is 5.91 Å². The lowest BCUT2D eigenvalue weighted by molar-refractivity contribution is -0.137. The van der Waals surface area contributed by atoms with Gasteiger partial charge in [0, 0.05) is 6.54 Å². The summed E-state index contributed by atoms with van der Waals surface area (Å²) in [6, 6.07) is 14.4. The summed E-state index contributed by atoms with van der Waals surface area (Å²) in [4.78, 5) is 12.3. The summed E-state index contributed by atoms with van der Waals surface area (Å²) < 4.78 is 79.9. The molecule has 33 heavy (non-hydrogen) atoms. The monoisotopic (exact) mass is 500 g/mol. The van der Waals surface area contributed by atoms with Gasteiger partial charge in [0.25, 0.3) is 10.0 Å². The minimum absolute atomic E-state index is 0.0470. The lowest BCUT2D eigenvalue weighted by Crippen LogP contribution is -2.41. The van der Waals surface area contributed by atoms with Crippen LogP contribution in [0.4, 0.5) is 23.2 Å². The standard InChI is InChI=1S/C22H17ClF4N2O3S/c23-19-11-8-16(22(25,26)27)12-20(19)29(33(31,32)18-4-2-1-3-5-18)14-21(30)28-13-15-6-9-17(24)10-7-15/h1-12H,13-14H2,(H,28,30). The van der Waals surface area contributed by atoms with E-state index in [1.165, 1.54) is 48.5 Å². The van der Waals surface area contributed by atoms with E-state index in [2.05, 4.69) is 5.32 Å². The van der Waals surface area contributed by atoms with Crippen molar-refractivity contribution in [1.29, 1.82) is 0 Å². The molecule has 1 amide bonds. The largest absolute Gasteiger partial charge is 0.416 e. The van der Waals surface area contributed by atoms with Gasteiger partial charge >= 0.3 is 6.18 Å². The van der Waals surface area contributed by atoms with E-state index in [4.69, 9.17) is 11.6 Å². The van der Waals surface area contributed by atoms with E-state index in [0.29, 0.717) is 22.0 Å². The number of benzene rings is 3. The Balaban J connectivity index is 1.96. The minimum Gasteiger partial charge on any atom is -0.350 e. The van der Waals surface area contributed by atoms with E-state index in [-0.39, 0.29) is 16.5 Å². The number of amides is 1. The van der Waals surface area contributed by atoms with Crippen molar-refractivity contribution in [2.24, 2.45) is 0 Å². The van der Waals surface area contributed by atoms with Gasteiger partial charge in [-0.25, -0.2) is 12.8 Å². The number of nitrogens with zero attached hydrogens (tertiary/aromatic N) is 1. The molecule has 174 valence electrons. The van der Waals surface area contributed by atoms with Crippen LogP contribution in [-0.2, 0) is 27.5 Å². The smallest absolute Gasteiger partial charge is 0.350 e. The summed E-state index contributed by atoms with van der Waals surface area (Å²) >= 11 is 6.07. The van der Waals surface area contributed by atoms with Crippen molar-refractivity contribution in [2.45, 2.75) is 17.6 Å². The zero-order valence-corrected chi connectivity index (χ0v) is 18.4. The van der Waals surface area contributed by atoms with Crippen LogP contribution in [0.2, 0.25) is 5.02 Å². The van der Waals surface area contributed by atoms with Gasteiger partial charge in [0.1, 0.15) is 12.4 Å². The van der Waals surface area contributed by atoms with Crippen LogP contribution in [0.1, 0.15) is 11.1 Å². The number of hydrogen-bond acceptors (Lipinski definition) is 3. The van der Waals surface area contributed by atoms with Gasteiger partial charge in [-0.15, -0.1) is 0 Å². The molecule has 0 saturated heterocycles. The van der Waals surface area contributed by atoms with Crippen LogP contribution in [-0.4, -0.2) is 20.9 Å². The highest BCUT2D eigenvalue weighted by molar-refractivity contribution is 7.92. The predicted molar refractivity (Wildman–Crippen MR) is 116 cm³/mol. The lowest BCUT2D eigenvalue weighted by atomic mass is 10.2. The van der Waals surface area contributed by atoms with Crippen molar-refractivity contribution in [3.05, 3.63) is 94.8 Å². The second kappa shape index (κ2) is 9.80. The third-order valence-corrected chi connectivity index (χ3v) is 6.66. The number of rotatable bonds is 7. The minimum atomic E-state index is -4.76. The number of alkyl halides is 3. The lowest BCUT2D eigenvalue weighted by Gasteiger charge is -2.26. The summed E-state index contributed by atoms with van der Waals surface area (Å²) in [5, 5.41) is 2.19. The fourth-order valence-electron chi connectivity index (χ4n) is 2.89. The molecule has 1 N–H and O–H groups in total. The highest BCUT2D eigenvalue weighted by Crippen LogP contribution is 2.37. The van der Waals surface area contributed by atoms with Gasteiger partial charge in [-0.1, -0.05) is 41.9 Å². The van der Waals surface area contributed by atoms with Crippen LogP contribution >= 0.6 is 11.6 Å². The van der Waals surface area contributed by atoms with Crippen LogP contribution in [0.5, 0.6) is 0 Å². The molecule has 0 bridgehead atoms. The molecule has 0 saturated carbocycles. The Labute approximate surface area is 192 Å². The van der Waals surface area contributed by atoms with E-state index in [1.54, 1.807) is 6.07 Å². The van der Waals surface area contributed by atoms with Gasteiger partial charge in [-0.2, -0.15) is 13.2 Å². The molecule has 0 atom stereocenters. The van der Waals surface area contributed by atoms with Crippen LogP contribution in [0.25, 0.3) is 0 Å². The molecule has 3 rings (SSSR count). The summed E-state index contributed by atoms with van der Waals surface area (Å²) in [5.74, 6) is -1.27. The van der Waals surface area contributed by atoms with Gasteiger partial charge in [-0.05, 0) is 48.0 Å². The van der Waals surface area contributed by atoms with Crippen LogP contribution in [0.15, 0.2) is 77.7 Å². The molecule has 3 aromatic carbocycles. The SMILES string of the molecule is O=C(CN(c1cc(C(F)(F)F)ccc1Cl)S(=O)(=O)c1ccccc1)NCc1ccc(F)cc1. The van der Waals surface area contributed by atoms with Crippen LogP contribution in [0.3, 0.4) is 0 Å². The zero-order chi connectivity index (χ0) is 24.2. The van der Waals surface area contributed by atoms with E-state index in [0.717, 1.165) is 6.07 Å². The maximum absolute atomic E-state index is 13.3. The van der Waals surface area contributed by atoms with Gasteiger partial charge in [0.05, 0.1) is 21.2 Å². The second-order valence-electron chi connectivity index (χ2n) is 6.89. The number of sulfonamides is 1. The Morgan fingerprint density at radius 3 is 2.21 bits per heavy atom. The molecule has 5 nitrogen and oxygen atoms in total. The number of nitrogens with one attached hydrogen (secondary N) is 1. The van der Waals surface area contributed by atoms with Gasteiger partial charge < -0.3 is 5.32 Å². The molecule has 0 unspecified atom stereocenters. The zero-order valence-electron chi connectivity index (χ0n) is 16.8. The summed E-state index contributed by atoms with van der Waals surface area (Å²) in [6.45, 7) is -0.881. The summed E-state index contributed by atoms with van der Waals surface area (Å²) in [5.41, 5.74) is -1.08. The first-order chi connectivity index (χ1) is 15.5. The van der Waals surface area contributed by atoms with E-state index < -0.39 is 45.7 Å². The van der Waals surface area contributed by atoms with Crippen molar-refractivity contribution in [3.63, 3.8) is 0 Å². The molecule has 0 radical (unpaired) electrons. The third kappa shape index (κ3) is 6.02. The number of carbonyl (C=O) groups excluding carboxylic acids is 1. The first-order valence-electron chi connectivity index (χ1n) is 9.44. The van der Waals surface area contributed by atoms with Crippen molar-refractivity contribution in [3.8, 4) is 0 Å². The molecule has 0 aliphatic carbocycles. The molecule has 11 heteroatoms.